The third-order valence-electron chi connectivity index (χ3n) is 4.29. The van der Waals surface area contributed by atoms with Gasteiger partial charge in [0.2, 0.25) is 0 Å². The second-order valence-corrected chi connectivity index (χ2v) is 8.09. The topological polar surface area (TPSA) is 99.3 Å². The van der Waals surface area contributed by atoms with Crippen LogP contribution >= 0.6 is 23.1 Å². The van der Waals surface area contributed by atoms with Gasteiger partial charge in [-0.05, 0) is 13.0 Å². The van der Waals surface area contributed by atoms with Gasteiger partial charge in [-0.3, -0.25) is 9.59 Å². The number of aliphatic carboxylic acids is 1. The Morgan fingerprint density at radius 3 is 2.83 bits per heavy atom. The lowest BCUT2D eigenvalue weighted by Crippen LogP contribution is -2.56. The fraction of sp³-hybridized carbons (Fsp3) is 0.267. The van der Waals surface area contributed by atoms with Gasteiger partial charge in [0.1, 0.15) is 5.75 Å². The molecule has 0 saturated carbocycles. The quantitative estimate of drug-likeness (QED) is 0.602. The number of esters is 1. The maximum absolute atomic E-state index is 12.5. The van der Waals surface area contributed by atoms with Crippen LogP contribution in [0.5, 0.6) is 5.75 Å². The number of aromatic amines is 1. The second kappa shape index (κ2) is 4.72. The van der Waals surface area contributed by atoms with Gasteiger partial charge in [-0.15, -0.1) is 0 Å². The van der Waals surface area contributed by atoms with E-state index in [9.17, 15) is 19.5 Å². The van der Waals surface area contributed by atoms with Crippen molar-refractivity contribution in [1.29, 1.82) is 0 Å². The first-order chi connectivity index (χ1) is 10.9. The molecule has 0 fully saturated rings. The lowest BCUT2D eigenvalue weighted by atomic mass is 9.75. The lowest BCUT2D eigenvalue weighted by molar-refractivity contribution is -0.310. The van der Waals surface area contributed by atoms with E-state index in [1.165, 1.54) is 6.92 Å². The summed E-state index contributed by atoms with van der Waals surface area (Å²) in [5, 5.41) is 12.3. The Hall–Kier alpha value is -2.06. The molecule has 1 N–H and O–H groups in total. The third kappa shape index (κ3) is 1.91. The predicted octanol–water partition coefficient (Wildman–Crippen LogP) is 0.718. The van der Waals surface area contributed by atoms with Gasteiger partial charge in [0, 0.05) is 16.4 Å². The minimum absolute atomic E-state index is 0.278. The molecule has 0 aliphatic carbocycles. The summed E-state index contributed by atoms with van der Waals surface area (Å²) in [4.78, 5) is 39.1. The van der Waals surface area contributed by atoms with Crippen LogP contribution in [0.4, 0.5) is 0 Å². The molecule has 8 heteroatoms. The molecule has 0 amide bonds. The van der Waals surface area contributed by atoms with E-state index in [1.807, 2.05) is 0 Å². The largest absolute Gasteiger partial charge is 0.549 e. The number of aromatic nitrogens is 1. The SMILES string of the molecule is C[C@]1(C(=O)[O-])Sc2[nH]c(=O)sc2[C@@H]2c3ccccc3OC(=O)[C@@H]21. The van der Waals surface area contributed by atoms with Crippen LogP contribution < -0.4 is 14.7 Å². The first kappa shape index (κ1) is 14.5. The molecule has 118 valence electrons. The Kier molecular flexibility index (Phi) is 2.98. The molecule has 1 aromatic carbocycles. The number of hydrogen-bond donors (Lipinski definition) is 1. The van der Waals surface area contributed by atoms with E-state index in [2.05, 4.69) is 4.98 Å². The van der Waals surface area contributed by atoms with Crippen molar-refractivity contribution in [3.63, 3.8) is 0 Å². The highest BCUT2D eigenvalue weighted by atomic mass is 32.2. The van der Waals surface area contributed by atoms with Crippen molar-refractivity contribution in [3.05, 3.63) is 44.4 Å². The molecule has 2 aromatic rings. The summed E-state index contributed by atoms with van der Waals surface area (Å²) < 4.78 is 3.82. The number of carboxylic acids is 1. The van der Waals surface area contributed by atoms with E-state index in [0.717, 1.165) is 23.1 Å². The van der Waals surface area contributed by atoms with Gasteiger partial charge >= 0.3 is 10.8 Å². The zero-order chi connectivity index (χ0) is 16.4. The molecule has 6 nitrogen and oxygen atoms in total. The van der Waals surface area contributed by atoms with E-state index in [4.69, 9.17) is 4.74 Å². The van der Waals surface area contributed by atoms with Crippen LogP contribution in [0.25, 0.3) is 0 Å². The summed E-state index contributed by atoms with van der Waals surface area (Å²) >= 11 is 1.95. The van der Waals surface area contributed by atoms with Gasteiger partial charge in [0.25, 0.3) is 0 Å². The molecule has 3 atom stereocenters. The number of carbonyl (C=O) groups excluding carboxylic acids is 2. The van der Waals surface area contributed by atoms with Crippen LogP contribution in [0, 0.1) is 5.92 Å². The Morgan fingerprint density at radius 2 is 2.09 bits per heavy atom. The van der Waals surface area contributed by atoms with Gasteiger partial charge in [-0.2, -0.15) is 0 Å². The molecule has 0 radical (unpaired) electrons. The average Bonchev–Trinajstić information content (AvgIpc) is 2.86. The number of ether oxygens (including phenoxy) is 1. The zero-order valence-electron chi connectivity index (χ0n) is 11.8. The number of benzene rings is 1. The second-order valence-electron chi connectivity index (χ2n) is 5.62. The Morgan fingerprint density at radius 1 is 1.35 bits per heavy atom. The molecule has 0 saturated heterocycles. The Labute approximate surface area is 138 Å². The summed E-state index contributed by atoms with van der Waals surface area (Å²) in [6.45, 7) is 1.44. The van der Waals surface area contributed by atoms with E-state index in [1.54, 1.807) is 24.3 Å². The van der Waals surface area contributed by atoms with E-state index < -0.39 is 28.5 Å². The number of rotatable bonds is 1. The first-order valence-corrected chi connectivity index (χ1v) is 8.49. The molecule has 0 bridgehead atoms. The van der Waals surface area contributed by atoms with Crippen molar-refractivity contribution >= 4 is 35.0 Å². The highest BCUT2D eigenvalue weighted by Crippen LogP contribution is 2.57. The number of nitrogens with one attached hydrogen (secondary N) is 1. The van der Waals surface area contributed by atoms with Crippen molar-refractivity contribution in [2.45, 2.75) is 22.6 Å². The van der Waals surface area contributed by atoms with Crippen LogP contribution in [0.15, 0.2) is 34.1 Å². The van der Waals surface area contributed by atoms with Gasteiger partial charge in [0.15, 0.2) is 0 Å². The lowest BCUT2D eigenvalue weighted by Gasteiger charge is -2.45. The monoisotopic (exact) mass is 348 g/mol. The highest BCUT2D eigenvalue weighted by Gasteiger charge is 2.55. The summed E-state index contributed by atoms with van der Waals surface area (Å²) in [6, 6.07) is 6.99. The van der Waals surface area contributed by atoms with Crippen molar-refractivity contribution < 1.29 is 19.4 Å². The molecular formula is C15H10NO5S2-. The minimum atomic E-state index is -1.52. The Bertz CT molecular complexity index is 901. The van der Waals surface area contributed by atoms with Crippen LogP contribution in [0.1, 0.15) is 23.3 Å². The van der Waals surface area contributed by atoms with Gasteiger partial charge in [-0.1, -0.05) is 41.3 Å². The number of carboxylic acid groups (broad SMARTS) is 1. The number of H-pyrrole nitrogens is 1. The van der Waals surface area contributed by atoms with Crippen LogP contribution in [0.2, 0.25) is 0 Å². The zero-order valence-corrected chi connectivity index (χ0v) is 13.5. The molecule has 3 heterocycles. The number of thiazole rings is 1. The van der Waals surface area contributed by atoms with Crippen molar-refractivity contribution in [3.8, 4) is 5.75 Å². The number of carbonyl (C=O) groups is 2. The molecule has 1 aromatic heterocycles. The minimum Gasteiger partial charge on any atom is -0.549 e. The summed E-state index contributed by atoms with van der Waals surface area (Å²) in [5.41, 5.74) is 0.710. The molecule has 23 heavy (non-hydrogen) atoms. The summed E-state index contributed by atoms with van der Waals surface area (Å²) in [5.74, 6) is -3.05. The average molecular weight is 348 g/mol. The number of fused-ring (bicyclic) bond motifs is 5. The fourth-order valence-corrected chi connectivity index (χ4v) is 5.64. The van der Waals surface area contributed by atoms with Crippen LogP contribution in [-0.2, 0) is 9.59 Å². The third-order valence-corrected chi connectivity index (χ3v) is 6.75. The molecular weight excluding hydrogens is 338 g/mol. The van der Waals surface area contributed by atoms with Gasteiger partial charge in [0.05, 0.1) is 21.7 Å². The molecule has 0 unspecified atom stereocenters. The maximum Gasteiger partial charge on any atom is 0.317 e. The number of para-hydroxylation sites is 1. The van der Waals surface area contributed by atoms with E-state index >= 15 is 0 Å². The van der Waals surface area contributed by atoms with Crippen LogP contribution in [0.3, 0.4) is 0 Å². The predicted molar refractivity (Wildman–Crippen MR) is 81.6 cm³/mol. The molecule has 2 aliphatic heterocycles. The van der Waals surface area contributed by atoms with Crippen molar-refractivity contribution in [2.24, 2.45) is 5.92 Å². The van der Waals surface area contributed by atoms with Crippen molar-refractivity contribution in [2.75, 3.05) is 0 Å². The smallest absolute Gasteiger partial charge is 0.317 e. The number of hydrogen-bond acceptors (Lipinski definition) is 7. The molecule has 4 rings (SSSR count). The normalized spacial score (nSPS) is 28.3. The summed E-state index contributed by atoms with van der Waals surface area (Å²) in [7, 11) is 0. The van der Waals surface area contributed by atoms with E-state index in [0.29, 0.717) is 21.2 Å². The van der Waals surface area contributed by atoms with Gasteiger partial charge < -0.3 is 19.6 Å². The van der Waals surface area contributed by atoms with Crippen LogP contribution in [-0.4, -0.2) is 21.7 Å². The fourth-order valence-electron chi connectivity index (χ4n) is 3.20. The van der Waals surface area contributed by atoms with Gasteiger partial charge in [-0.25, -0.2) is 0 Å². The molecule has 2 aliphatic rings. The van der Waals surface area contributed by atoms with E-state index in [-0.39, 0.29) is 4.87 Å². The number of thioether (sulfide) groups is 1. The maximum atomic E-state index is 12.5. The highest BCUT2D eigenvalue weighted by molar-refractivity contribution is 8.01. The van der Waals surface area contributed by atoms with Crippen molar-refractivity contribution in [1.82, 2.24) is 4.98 Å². The summed E-state index contributed by atoms with van der Waals surface area (Å²) in [6.07, 6.45) is 0. The first-order valence-electron chi connectivity index (χ1n) is 6.86. The Balaban J connectivity index is 2.03. The standard InChI is InChI=1S/C15H11NO5S2/c1-15(13(18)19)9-8(10-11(23-15)16-14(20)22-10)6-4-2-3-5-7(6)21-12(9)17/h2-5,8-9H,1H3,(H,16,20)(H,18,19)/p-1/t8-,9-,15+/m1/s1. The molecule has 0 spiro atoms.